The Morgan fingerprint density at radius 3 is 2.68 bits per heavy atom. The second-order valence-corrected chi connectivity index (χ2v) is 10.1. The number of fused-ring (bicyclic) bond motifs is 1. The van der Waals surface area contributed by atoms with Crippen LogP contribution in [0, 0.1) is 17.8 Å². The molecule has 3 rings (SSSR count). The molecule has 6 atom stereocenters. The van der Waals surface area contributed by atoms with Gasteiger partial charge >= 0.3 is 5.97 Å². The van der Waals surface area contributed by atoms with Gasteiger partial charge in [-0.3, -0.25) is 14.4 Å². The van der Waals surface area contributed by atoms with Crippen molar-refractivity contribution in [2.75, 3.05) is 26.3 Å². The number of unbranched alkanes of at least 4 members (excludes halogenated alkanes) is 1. The SMILES string of the molecule is C=CCOC(=O)[C@@H]1[C@H]2C(=O)N([C@@H](CO)CC(C)C)C(C(=O)N(CC=C)CCCC)C23CC[C@H]1O3. The molecule has 0 saturated carbocycles. The normalized spacial score (nSPS) is 30.4. The highest BCUT2D eigenvalue weighted by Gasteiger charge is 2.75. The molecule has 190 valence electrons. The molecule has 8 heteroatoms. The summed E-state index contributed by atoms with van der Waals surface area (Å²) in [5.74, 6) is -2.34. The van der Waals surface area contributed by atoms with Crippen molar-refractivity contribution in [3.63, 3.8) is 0 Å². The van der Waals surface area contributed by atoms with Crippen LogP contribution in [0.3, 0.4) is 0 Å². The van der Waals surface area contributed by atoms with Gasteiger partial charge in [0.25, 0.3) is 0 Å². The lowest BCUT2D eigenvalue weighted by molar-refractivity contribution is -0.156. The van der Waals surface area contributed by atoms with Crippen LogP contribution in [0.5, 0.6) is 0 Å². The molecule has 3 fully saturated rings. The Hall–Kier alpha value is -2.19. The van der Waals surface area contributed by atoms with Gasteiger partial charge < -0.3 is 24.4 Å². The highest BCUT2D eigenvalue weighted by atomic mass is 16.6. The molecule has 1 N–H and O–H groups in total. The van der Waals surface area contributed by atoms with E-state index in [0.29, 0.717) is 32.4 Å². The number of carbonyl (C=O) groups excluding carboxylic acids is 3. The number of likely N-dealkylation sites (tertiary alicyclic amines) is 1. The van der Waals surface area contributed by atoms with Crippen LogP contribution in [0.25, 0.3) is 0 Å². The zero-order valence-corrected chi connectivity index (χ0v) is 20.8. The Morgan fingerprint density at radius 1 is 1.35 bits per heavy atom. The van der Waals surface area contributed by atoms with Gasteiger partial charge in [-0.05, 0) is 31.6 Å². The molecule has 34 heavy (non-hydrogen) atoms. The molecule has 0 aromatic carbocycles. The molecular formula is C26H40N2O6. The maximum absolute atomic E-state index is 14.1. The number of aliphatic hydroxyl groups excluding tert-OH is 1. The van der Waals surface area contributed by atoms with E-state index in [1.54, 1.807) is 15.9 Å². The zero-order valence-electron chi connectivity index (χ0n) is 20.8. The van der Waals surface area contributed by atoms with E-state index >= 15 is 0 Å². The third kappa shape index (κ3) is 4.54. The molecule has 1 spiro atoms. The maximum atomic E-state index is 14.1. The van der Waals surface area contributed by atoms with Crippen LogP contribution >= 0.6 is 0 Å². The number of esters is 1. The number of hydrogen-bond acceptors (Lipinski definition) is 6. The van der Waals surface area contributed by atoms with Crippen LogP contribution < -0.4 is 0 Å². The number of aliphatic hydroxyl groups is 1. The van der Waals surface area contributed by atoms with E-state index in [1.165, 1.54) is 6.08 Å². The van der Waals surface area contributed by atoms with Gasteiger partial charge in [-0.25, -0.2) is 0 Å². The summed E-state index contributed by atoms with van der Waals surface area (Å²) in [6.45, 7) is 14.2. The Balaban J connectivity index is 2.05. The number of ether oxygens (including phenoxy) is 2. The molecule has 3 heterocycles. The minimum Gasteiger partial charge on any atom is -0.461 e. The van der Waals surface area contributed by atoms with Crippen molar-refractivity contribution in [1.82, 2.24) is 9.80 Å². The highest BCUT2D eigenvalue weighted by molar-refractivity contribution is 5.98. The van der Waals surface area contributed by atoms with Crippen molar-refractivity contribution >= 4 is 17.8 Å². The first-order chi connectivity index (χ1) is 16.3. The molecule has 3 aliphatic heterocycles. The van der Waals surface area contributed by atoms with Gasteiger partial charge in [0.1, 0.15) is 18.2 Å². The average Bonchev–Trinajstić information content (AvgIpc) is 3.45. The van der Waals surface area contributed by atoms with E-state index in [1.807, 2.05) is 13.8 Å². The third-order valence-electron chi connectivity index (χ3n) is 7.38. The molecule has 3 saturated heterocycles. The topological polar surface area (TPSA) is 96.4 Å². The van der Waals surface area contributed by atoms with E-state index in [-0.39, 0.29) is 30.9 Å². The minimum absolute atomic E-state index is 0.0543. The monoisotopic (exact) mass is 476 g/mol. The predicted octanol–water partition coefficient (Wildman–Crippen LogP) is 2.31. The first kappa shape index (κ1) is 26.4. The van der Waals surface area contributed by atoms with E-state index < -0.39 is 41.6 Å². The Bertz CT molecular complexity index is 798. The largest absolute Gasteiger partial charge is 0.461 e. The highest BCUT2D eigenvalue weighted by Crippen LogP contribution is 2.59. The smallest absolute Gasteiger partial charge is 0.312 e. The lowest BCUT2D eigenvalue weighted by Crippen LogP contribution is -2.59. The fourth-order valence-corrected chi connectivity index (χ4v) is 6.06. The molecular weight excluding hydrogens is 436 g/mol. The fraction of sp³-hybridized carbons (Fsp3) is 0.731. The predicted molar refractivity (Wildman–Crippen MR) is 128 cm³/mol. The van der Waals surface area contributed by atoms with Crippen LogP contribution in [0.1, 0.15) is 52.9 Å². The van der Waals surface area contributed by atoms with Gasteiger partial charge in [0.05, 0.1) is 30.6 Å². The van der Waals surface area contributed by atoms with Gasteiger partial charge in [-0.1, -0.05) is 45.9 Å². The molecule has 2 bridgehead atoms. The molecule has 0 aromatic rings. The Kier molecular flexibility index (Phi) is 8.57. The van der Waals surface area contributed by atoms with Crippen molar-refractivity contribution in [2.45, 2.75) is 76.7 Å². The number of carbonyl (C=O) groups is 3. The second kappa shape index (κ2) is 11.0. The van der Waals surface area contributed by atoms with Crippen LogP contribution in [-0.2, 0) is 23.9 Å². The van der Waals surface area contributed by atoms with Crippen molar-refractivity contribution in [3.05, 3.63) is 25.3 Å². The Morgan fingerprint density at radius 2 is 2.09 bits per heavy atom. The first-order valence-corrected chi connectivity index (χ1v) is 12.5. The summed E-state index contributed by atoms with van der Waals surface area (Å²) < 4.78 is 11.8. The van der Waals surface area contributed by atoms with Crippen LogP contribution in [0.15, 0.2) is 25.3 Å². The van der Waals surface area contributed by atoms with Crippen molar-refractivity contribution in [3.8, 4) is 0 Å². The third-order valence-corrected chi connectivity index (χ3v) is 7.38. The van der Waals surface area contributed by atoms with Crippen molar-refractivity contribution in [2.24, 2.45) is 17.8 Å². The van der Waals surface area contributed by atoms with Crippen molar-refractivity contribution in [1.29, 1.82) is 0 Å². The summed E-state index contributed by atoms with van der Waals surface area (Å²) in [6, 6.07) is -1.43. The zero-order chi connectivity index (χ0) is 25.0. The molecule has 0 aliphatic carbocycles. The second-order valence-electron chi connectivity index (χ2n) is 10.1. The summed E-state index contributed by atoms with van der Waals surface area (Å²) in [5.41, 5.74) is -1.09. The van der Waals surface area contributed by atoms with E-state index in [0.717, 1.165) is 12.8 Å². The quantitative estimate of drug-likeness (QED) is 0.324. The summed E-state index contributed by atoms with van der Waals surface area (Å²) in [7, 11) is 0. The van der Waals surface area contributed by atoms with Gasteiger partial charge in [0.2, 0.25) is 11.8 Å². The summed E-state index contributed by atoms with van der Waals surface area (Å²) in [4.78, 5) is 44.3. The van der Waals surface area contributed by atoms with Gasteiger partial charge in [-0.15, -0.1) is 6.58 Å². The van der Waals surface area contributed by atoms with Gasteiger partial charge in [0, 0.05) is 13.1 Å². The van der Waals surface area contributed by atoms with E-state index in [4.69, 9.17) is 9.47 Å². The van der Waals surface area contributed by atoms with E-state index in [2.05, 4.69) is 20.1 Å². The number of hydrogen-bond donors (Lipinski definition) is 1. The molecule has 8 nitrogen and oxygen atoms in total. The standard InChI is InChI=1S/C26H40N2O6/c1-6-9-13-27(12-7-2)24(31)22-26-11-10-19(34-26)20(25(32)33-14-8-3)21(26)23(30)28(22)18(16-29)15-17(4)5/h7-8,17-22,29H,2-3,6,9-16H2,1,4-5H3/t18-,19-,20+,21+,22?,26?/m1/s1. The van der Waals surface area contributed by atoms with Crippen LogP contribution in [0.2, 0.25) is 0 Å². The average molecular weight is 477 g/mol. The molecule has 2 unspecified atom stereocenters. The van der Waals surface area contributed by atoms with Gasteiger partial charge in [0.15, 0.2) is 0 Å². The lowest BCUT2D eigenvalue weighted by atomic mass is 9.70. The van der Waals surface area contributed by atoms with Gasteiger partial charge in [-0.2, -0.15) is 0 Å². The number of rotatable bonds is 13. The summed E-state index contributed by atoms with van der Waals surface area (Å²) in [5, 5.41) is 10.3. The van der Waals surface area contributed by atoms with Crippen molar-refractivity contribution < 1.29 is 29.0 Å². The first-order valence-electron chi connectivity index (χ1n) is 12.5. The van der Waals surface area contributed by atoms with E-state index in [9.17, 15) is 19.5 Å². The fourth-order valence-electron chi connectivity index (χ4n) is 6.06. The van der Waals surface area contributed by atoms with Crippen LogP contribution in [0.4, 0.5) is 0 Å². The summed E-state index contributed by atoms with van der Waals surface area (Å²) in [6.07, 6.45) is 6.11. The molecule has 0 aromatic heterocycles. The maximum Gasteiger partial charge on any atom is 0.312 e. The molecule has 2 amide bonds. The molecule has 3 aliphatic rings. The summed E-state index contributed by atoms with van der Waals surface area (Å²) >= 11 is 0. The Labute approximate surface area is 202 Å². The van der Waals surface area contributed by atoms with Crippen LogP contribution in [-0.4, -0.2) is 82.8 Å². The minimum atomic E-state index is -1.09. The number of nitrogens with zero attached hydrogens (tertiary/aromatic N) is 2. The molecule has 0 radical (unpaired) electrons. The number of amides is 2. The lowest BCUT2D eigenvalue weighted by Gasteiger charge is -2.39.